The summed E-state index contributed by atoms with van der Waals surface area (Å²) in [5, 5.41) is 0.609. The summed E-state index contributed by atoms with van der Waals surface area (Å²) in [5.74, 6) is 1.29. The van der Waals surface area contributed by atoms with E-state index in [1.54, 1.807) is 4.90 Å². The standard InChI is InChI=1S/C21H23N3O4S/c1-4-23(10-15-5-6-16-17(9-15)28-8-7-27-16)18(25)11-24-12-22-20-19(21(24)26)13(2)14(3)29-20/h5-6,9,12H,4,7-8,10-11H2,1-3H3. The lowest BCUT2D eigenvalue weighted by molar-refractivity contribution is -0.132. The van der Waals surface area contributed by atoms with Gasteiger partial charge in [0.25, 0.3) is 5.56 Å². The van der Waals surface area contributed by atoms with Crippen LogP contribution in [0.15, 0.2) is 29.3 Å². The number of carbonyl (C=O) groups excluding carboxylic acids is 1. The quantitative estimate of drug-likeness (QED) is 0.643. The molecule has 1 amide bonds. The summed E-state index contributed by atoms with van der Waals surface area (Å²) < 4.78 is 12.6. The largest absolute Gasteiger partial charge is 0.486 e. The molecule has 8 heteroatoms. The average molecular weight is 413 g/mol. The van der Waals surface area contributed by atoms with Gasteiger partial charge in [-0.1, -0.05) is 6.07 Å². The van der Waals surface area contributed by atoms with Crippen LogP contribution in [0.25, 0.3) is 10.2 Å². The third-order valence-corrected chi connectivity index (χ3v) is 6.29. The molecule has 29 heavy (non-hydrogen) atoms. The summed E-state index contributed by atoms with van der Waals surface area (Å²) in [7, 11) is 0. The monoisotopic (exact) mass is 413 g/mol. The molecule has 0 unspecified atom stereocenters. The molecule has 4 rings (SSSR count). The van der Waals surface area contributed by atoms with Crippen molar-refractivity contribution in [1.82, 2.24) is 14.5 Å². The smallest absolute Gasteiger partial charge is 0.262 e. The first-order valence-electron chi connectivity index (χ1n) is 9.59. The molecule has 1 aliphatic heterocycles. The lowest BCUT2D eigenvalue weighted by Gasteiger charge is -2.23. The maximum Gasteiger partial charge on any atom is 0.262 e. The number of aryl methyl sites for hydroxylation is 2. The fourth-order valence-electron chi connectivity index (χ4n) is 3.41. The Bertz CT molecular complexity index is 1130. The van der Waals surface area contributed by atoms with Crippen LogP contribution in [0.5, 0.6) is 11.5 Å². The summed E-state index contributed by atoms with van der Waals surface area (Å²) in [6.07, 6.45) is 1.47. The van der Waals surface area contributed by atoms with E-state index < -0.39 is 0 Å². The number of hydrogen-bond acceptors (Lipinski definition) is 6. The average Bonchev–Trinajstić information content (AvgIpc) is 3.02. The number of aromatic nitrogens is 2. The first-order valence-corrected chi connectivity index (χ1v) is 10.4. The van der Waals surface area contributed by atoms with Crippen LogP contribution in [0.3, 0.4) is 0 Å². The van der Waals surface area contributed by atoms with Crippen LogP contribution in [-0.2, 0) is 17.9 Å². The van der Waals surface area contributed by atoms with Gasteiger partial charge < -0.3 is 14.4 Å². The molecule has 1 aliphatic rings. The maximum absolute atomic E-state index is 12.9. The summed E-state index contributed by atoms with van der Waals surface area (Å²) in [4.78, 5) is 33.6. The zero-order valence-electron chi connectivity index (χ0n) is 16.7. The molecular formula is C21H23N3O4S. The molecule has 3 aromatic rings. The third kappa shape index (κ3) is 3.72. The predicted octanol–water partition coefficient (Wildman–Crippen LogP) is 2.89. The Balaban J connectivity index is 1.54. The van der Waals surface area contributed by atoms with E-state index in [0.717, 1.165) is 26.6 Å². The molecule has 0 radical (unpaired) electrons. The van der Waals surface area contributed by atoms with Crippen molar-refractivity contribution in [1.29, 1.82) is 0 Å². The maximum atomic E-state index is 12.9. The number of carbonyl (C=O) groups is 1. The third-order valence-electron chi connectivity index (χ3n) is 5.18. The number of thiophene rings is 1. The minimum absolute atomic E-state index is 0.0332. The first-order chi connectivity index (χ1) is 14.0. The van der Waals surface area contributed by atoms with Gasteiger partial charge in [-0.2, -0.15) is 0 Å². The zero-order valence-corrected chi connectivity index (χ0v) is 17.5. The van der Waals surface area contributed by atoms with Crippen molar-refractivity contribution in [3.05, 3.63) is 50.9 Å². The van der Waals surface area contributed by atoms with Crippen molar-refractivity contribution in [2.45, 2.75) is 33.9 Å². The van der Waals surface area contributed by atoms with Gasteiger partial charge in [0.1, 0.15) is 24.6 Å². The fraction of sp³-hybridized carbons (Fsp3) is 0.381. The second-order valence-corrected chi connectivity index (χ2v) is 8.23. The highest BCUT2D eigenvalue weighted by atomic mass is 32.1. The SMILES string of the molecule is CCN(Cc1ccc2c(c1)OCCO2)C(=O)Cn1cnc2sc(C)c(C)c2c1=O. The van der Waals surface area contributed by atoms with Crippen LogP contribution >= 0.6 is 11.3 Å². The number of rotatable bonds is 5. The van der Waals surface area contributed by atoms with Crippen molar-refractivity contribution in [2.24, 2.45) is 0 Å². The van der Waals surface area contributed by atoms with Gasteiger partial charge in [-0.05, 0) is 44.0 Å². The predicted molar refractivity (Wildman–Crippen MR) is 112 cm³/mol. The summed E-state index contributed by atoms with van der Waals surface area (Å²) in [5.41, 5.74) is 1.73. The van der Waals surface area contributed by atoms with E-state index in [-0.39, 0.29) is 18.0 Å². The molecule has 0 bridgehead atoms. The Morgan fingerprint density at radius 1 is 1.24 bits per heavy atom. The summed E-state index contributed by atoms with van der Waals surface area (Å²) in [6, 6.07) is 5.70. The molecule has 7 nitrogen and oxygen atoms in total. The summed E-state index contributed by atoms with van der Waals surface area (Å²) in [6.45, 7) is 7.82. The number of hydrogen-bond donors (Lipinski definition) is 0. The Kier molecular flexibility index (Phi) is 5.27. The van der Waals surface area contributed by atoms with E-state index in [1.165, 1.54) is 22.2 Å². The van der Waals surface area contributed by atoms with Crippen LogP contribution in [0, 0.1) is 13.8 Å². The molecule has 0 atom stereocenters. The van der Waals surface area contributed by atoms with E-state index in [4.69, 9.17) is 9.47 Å². The van der Waals surface area contributed by atoms with Gasteiger partial charge in [0.05, 0.1) is 11.7 Å². The van der Waals surface area contributed by atoms with E-state index in [0.29, 0.717) is 37.4 Å². The van der Waals surface area contributed by atoms with Crippen LogP contribution in [0.2, 0.25) is 0 Å². The Morgan fingerprint density at radius 3 is 2.76 bits per heavy atom. The fourth-order valence-corrected chi connectivity index (χ4v) is 4.40. The molecule has 152 valence electrons. The lowest BCUT2D eigenvalue weighted by Crippen LogP contribution is -2.36. The number of ether oxygens (including phenoxy) is 2. The zero-order chi connectivity index (χ0) is 20.5. The molecule has 0 spiro atoms. The minimum Gasteiger partial charge on any atom is -0.486 e. The van der Waals surface area contributed by atoms with Crippen LogP contribution < -0.4 is 15.0 Å². The molecule has 1 aromatic carbocycles. The Labute approximate surface area is 172 Å². The topological polar surface area (TPSA) is 73.7 Å². The molecule has 0 fully saturated rings. The Morgan fingerprint density at radius 2 is 2.00 bits per heavy atom. The van der Waals surface area contributed by atoms with Crippen molar-refractivity contribution in [3.63, 3.8) is 0 Å². The summed E-state index contributed by atoms with van der Waals surface area (Å²) >= 11 is 1.50. The molecule has 3 heterocycles. The van der Waals surface area contributed by atoms with E-state index in [2.05, 4.69) is 4.98 Å². The van der Waals surface area contributed by atoms with Crippen molar-refractivity contribution >= 4 is 27.5 Å². The second-order valence-electron chi connectivity index (χ2n) is 7.03. The Hall–Kier alpha value is -2.87. The lowest BCUT2D eigenvalue weighted by atomic mass is 10.1. The number of nitrogens with zero attached hydrogens (tertiary/aromatic N) is 3. The van der Waals surface area contributed by atoms with Gasteiger partial charge in [-0.25, -0.2) is 4.98 Å². The number of fused-ring (bicyclic) bond motifs is 2. The van der Waals surface area contributed by atoms with E-state index >= 15 is 0 Å². The molecule has 0 saturated heterocycles. The molecule has 0 N–H and O–H groups in total. The first kappa shape index (κ1) is 19.4. The van der Waals surface area contributed by atoms with Gasteiger partial charge in [0.15, 0.2) is 11.5 Å². The second kappa shape index (κ2) is 7.87. The van der Waals surface area contributed by atoms with Gasteiger partial charge in [0, 0.05) is 18.0 Å². The van der Waals surface area contributed by atoms with Gasteiger partial charge >= 0.3 is 0 Å². The van der Waals surface area contributed by atoms with Gasteiger partial charge in [-0.3, -0.25) is 14.2 Å². The molecule has 2 aromatic heterocycles. The van der Waals surface area contributed by atoms with Gasteiger partial charge in [0.2, 0.25) is 5.91 Å². The minimum atomic E-state index is -0.166. The van der Waals surface area contributed by atoms with E-state index in [9.17, 15) is 9.59 Å². The number of likely N-dealkylation sites (N-methyl/N-ethyl adjacent to an activating group) is 1. The molecular weight excluding hydrogens is 390 g/mol. The molecule has 0 saturated carbocycles. The van der Waals surface area contributed by atoms with Crippen LogP contribution in [0.4, 0.5) is 0 Å². The van der Waals surface area contributed by atoms with E-state index in [1.807, 2.05) is 39.0 Å². The van der Waals surface area contributed by atoms with Crippen LogP contribution in [0.1, 0.15) is 22.9 Å². The van der Waals surface area contributed by atoms with Gasteiger partial charge in [-0.15, -0.1) is 11.3 Å². The highest BCUT2D eigenvalue weighted by Gasteiger charge is 2.18. The highest BCUT2D eigenvalue weighted by Crippen LogP contribution is 2.31. The number of amides is 1. The normalized spacial score (nSPS) is 12.9. The van der Waals surface area contributed by atoms with Crippen LogP contribution in [-0.4, -0.2) is 40.1 Å². The van der Waals surface area contributed by atoms with Crippen molar-refractivity contribution in [2.75, 3.05) is 19.8 Å². The molecule has 0 aliphatic carbocycles. The highest BCUT2D eigenvalue weighted by molar-refractivity contribution is 7.18. The van der Waals surface area contributed by atoms with Crippen molar-refractivity contribution < 1.29 is 14.3 Å². The number of benzene rings is 1. The van der Waals surface area contributed by atoms with Crippen molar-refractivity contribution in [3.8, 4) is 11.5 Å².